The summed E-state index contributed by atoms with van der Waals surface area (Å²) in [7, 11) is 0. The molecule has 0 aromatic heterocycles. The summed E-state index contributed by atoms with van der Waals surface area (Å²) in [6.07, 6.45) is 3.09. The second-order valence-corrected chi connectivity index (χ2v) is 7.53. The molecule has 2 aromatic rings. The zero-order chi connectivity index (χ0) is 18.1. The fourth-order valence-corrected chi connectivity index (χ4v) is 3.34. The highest BCUT2D eigenvalue weighted by molar-refractivity contribution is 5.94. The molecule has 26 heavy (non-hydrogen) atoms. The van der Waals surface area contributed by atoms with E-state index in [9.17, 15) is 9.59 Å². The number of rotatable bonds is 6. The molecular formula is C22H24N2O2. The van der Waals surface area contributed by atoms with Crippen LogP contribution in [0.3, 0.4) is 0 Å². The third-order valence-corrected chi connectivity index (χ3v) is 5.19. The van der Waals surface area contributed by atoms with Crippen LogP contribution in [-0.4, -0.2) is 17.9 Å². The van der Waals surface area contributed by atoms with E-state index in [4.69, 9.17) is 0 Å². The molecule has 2 saturated carbocycles. The minimum Gasteiger partial charge on any atom is -0.352 e. The van der Waals surface area contributed by atoms with Gasteiger partial charge in [-0.25, -0.2) is 0 Å². The van der Waals surface area contributed by atoms with Gasteiger partial charge in [-0.05, 0) is 55.4 Å². The van der Waals surface area contributed by atoms with Gasteiger partial charge in [0.1, 0.15) is 0 Å². The molecular weight excluding hydrogens is 324 g/mol. The first-order chi connectivity index (χ1) is 12.6. The predicted octanol–water partition coefficient (Wildman–Crippen LogP) is 3.31. The molecule has 2 amide bonds. The lowest BCUT2D eigenvalue weighted by atomic mass is 10.1. The Morgan fingerprint density at radius 3 is 2.54 bits per heavy atom. The van der Waals surface area contributed by atoms with Gasteiger partial charge in [0.05, 0.1) is 0 Å². The number of nitrogens with one attached hydrogen (secondary N) is 2. The third-order valence-electron chi connectivity index (χ3n) is 5.19. The van der Waals surface area contributed by atoms with Gasteiger partial charge in [0, 0.05) is 24.1 Å². The molecule has 0 unspecified atom stereocenters. The second kappa shape index (κ2) is 6.94. The average Bonchev–Trinajstić information content (AvgIpc) is 3.54. The summed E-state index contributed by atoms with van der Waals surface area (Å²) in [4.78, 5) is 24.4. The van der Waals surface area contributed by atoms with Crippen LogP contribution in [0, 0.1) is 12.8 Å². The van der Waals surface area contributed by atoms with E-state index in [2.05, 4.69) is 41.8 Å². The van der Waals surface area contributed by atoms with Gasteiger partial charge in [0.25, 0.3) is 5.91 Å². The van der Waals surface area contributed by atoms with Crippen molar-refractivity contribution in [2.24, 2.45) is 5.92 Å². The molecule has 2 fully saturated rings. The fourth-order valence-electron chi connectivity index (χ4n) is 3.34. The molecule has 0 saturated heterocycles. The molecule has 0 heterocycles. The molecule has 2 atom stereocenters. The highest BCUT2D eigenvalue weighted by Gasteiger charge is 2.43. The fraction of sp³-hybridized carbons (Fsp3) is 0.364. The van der Waals surface area contributed by atoms with Crippen LogP contribution in [0.5, 0.6) is 0 Å². The second-order valence-electron chi connectivity index (χ2n) is 7.53. The summed E-state index contributed by atoms with van der Waals surface area (Å²) in [6, 6.07) is 16.2. The van der Waals surface area contributed by atoms with Gasteiger partial charge in [-0.15, -0.1) is 0 Å². The maximum Gasteiger partial charge on any atom is 0.251 e. The molecule has 2 aliphatic rings. The maximum atomic E-state index is 12.4. The van der Waals surface area contributed by atoms with E-state index in [-0.39, 0.29) is 17.7 Å². The molecule has 0 aliphatic heterocycles. The van der Waals surface area contributed by atoms with Gasteiger partial charge >= 0.3 is 0 Å². The van der Waals surface area contributed by atoms with E-state index in [1.807, 2.05) is 24.3 Å². The minimum atomic E-state index is -0.0120. The Morgan fingerprint density at radius 2 is 1.85 bits per heavy atom. The van der Waals surface area contributed by atoms with Crippen LogP contribution in [0.15, 0.2) is 48.5 Å². The van der Waals surface area contributed by atoms with Gasteiger partial charge < -0.3 is 10.6 Å². The number of amides is 2. The maximum absolute atomic E-state index is 12.4. The first-order valence-corrected chi connectivity index (χ1v) is 9.34. The highest BCUT2D eigenvalue weighted by atomic mass is 16.2. The number of hydrogen-bond donors (Lipinski definition) is 2. The molecule has 2 aliphatic carbocycles. The number of carbonyl (C=O) groups is 2. The lowest BCUT2D eigenvalue weighted by Crippen LogP contribution is -2.26. The van der Waals surface area contributed by atoms with Crippen molar-refractivity contribution in [2.45, 2.75) is 44.7 Å². The minimum absolute atomic E-state index is 0.0120. The summed E-state index contributed by atoms with van der Waals surface area (Å²) in [5.41, 5.74) is 4.18. The normalized spacial score (nSPS) is 21.1. The Labute approximate surface area is 154 Å². The first kappa shape index (κ1) is 16.8. The van der Waals surface area contributed by atoms with Crippen molar-refractivity contribution in [3.05, 3.63) is 70.8 Å². The molecule has 134 valence electrons. The van der Waals surface area contributed by atoms with Gasteiger partial charge in [-0.1, -0.05) is 42.0 Å². The molecule has 2 aromatic carbocycles. The molecule has 0 radical (unpaired) electrons. The number of benzene rings is 2. The van der Waals surface area contributed by atoms with E-state index in [1.165, 1.54) is 11.1 Å². The Morgan fingerprint density at radius 1 is 1.08 bits per heavy atom. The Hall–Kier alpha value is -2.62. The third kappa shape index (κ3) is 3.96. The van der Waals surface area contributed by atoms with Gasteiger partial charge in [-0.3, -0.25) is 9.59 Å². The number of carbonyl (C=O) groups excluding carboxylic acids is 2. The average molecular weight is 348 g/mol. The van der Waals surface area contributed by atoms with E-state index >= 15 is 0 Å². The van der Waals surface area contributed by atoms with Crippen molar-refractivity contribution in [2.75, 3.05) is 0 Å². The van der Waals surface area contributed by atoms with Gasteiger partial charge in [0.15, 0.2) is 0 Å². The zero-order valence-corrected chi connectivity index (χ0v) is 15.0. The predicted molar refractivity (Wildman–Crippen MR) is 101 cm³/mol. The van der Waals surface area contributed by atoms with Crippen LogP contribution in [0.4, 0.5) is 0 Å². The largest absolute Gasteiger partial charge is 0.352 e. The van der Waals surface area contributed by atoms with Crippen molar-refractivity contribution in [3.8, 4) is 0 Å². The summed E-state index contributed by atoms with van der Waals surface area (Å²) in [6.45, 7) is 2.58. The molecule has 4 nitrogen and oxygen atoms in total. The number of hydrogen-bond acceptors (Lipinski definition) is 2. The first-order valence-electron chi connectivity index (χ1n) is 9.34. The van der Waals surface area contributed by atoms with Crippen LogP contribution in [-0.2, 0) is 11.3 Å². The molecule has 4 rings (SSSR count). The van der Waals surface area contributed by atoms with E-state index in [0.29, 0.717) is 24.1 Å². The molecule has 2 N–H and O–H groups in total. The van der Waals surface area contributed by atoms with Gasteiger partial charge in [-0.2, -0.15) is 0 Å². The lowest BCUT2D eigenvalue weighted by molar-refractivity contribution is -0.122. The van der Waals surface area contributed by atoms with Crippen LogP contribution < -0.4 is 10.6 Å². The van der Waals surface area contributed by atoms with E-state index < -0.39 is 0 Å². The van der Waals surface area contributed by atoms with E-state index in [1.54, 1.807) is 0 Å². The van der Waals surface area contributed by atoms with Crippen LogP contribution in [0.25, 0.3) is 0 Å². The summed E-state index contributed by atoms with van der Waals surface area (Å²) in [5.74, 6) is 0.540. The molecule has 0 bridgehead atoms. The van der Waals surface area contributed by atoms with Crippen molar-refractivity contribution >= 4 is 11.8 Å². The van der Waals surface area contributed by atoms with E-state index in [0.717, 1.165) is 24.8 Å². The van der Waals surface area contributed by atoms with Gasteiger partial charge in [0.2, 0.25) is 5.91 Å². The molecule has 4 heteroatoms. The quantitative estimate of drug-likeness (QED) is 0.841. The Kier molecular flexibility index (Phi) is 4.49. The highest BCUT2D eigenvalue weighted by Crippen LogP contribution is 2.47. The smallest absolute Gasteiger partial charge is 0.251 e. The Bertz CT molecular complexity index is 824. The monoisotopic (exact) mass is 348 g/mol. The van der Waals surface area contributed by atoms with Crippen molar-refractivity contribution < 1.29 is 9.59 Å². The van der Waals surface area contributed by atoms with Crippen LogP contribution >= 0.6 is 0 Å². The standard InChI is InChI=1S/C22H24N2O2/c1-14-3-2-4-17(11-14)19-12-20(19)22(26)23-13-15-5-7-16(8-6-15)21(25)24-18-9-10-18/h2-8,11,18-20H,9-10,12-13H2,1H3,(H,23,26)(H,24,25)/t19-,20+/m1/s1. The van der Waals surface area contributed by atoms with Crippen molar-refractivity contribution in [1.82, 2.24) is 10.6 Å². The molecule has 0 spiro atoms. The van der Waals surface area contributed by atoms with Crippen LogP contribution in [0.2, 0.25) is 0 Å². The van der Waals surface area contributed by atoms with Crippen LogP contribution in [0.1, 0.15) is 52.2 Å². The van der Waals surface area contributed by atoms with Crippen molar-refractivity contribution in [3.63, 3.8) is 0 Å². The SMILES string of the molecule is Cc1cccc([C@H]2C[C@@H]2C(=O)NCc2ccc(C(=O)NC3CC3)cc2)c1. The Balaban J connectivity index is 1.27. The zero-order valence-electron chi connectivity index (χ0n) is 15.0. The summed E-state index contributed by atoms with van der Waals surface area (Å²) in [5, 5.41) is 6.01. The van der Waals surface area contributed by atoms with Crippen molar-refractivity contribution in [1.29, 1.82) is 0 Å². The summed E-state index contributed by atoms with van der Waals surface area (Å²) >= 11 is 0. The summed E-state index contributed by atoms with van der Waals surface area (Å²) < 4.78 is 0. The topological polar surface area (TPSA) is 58.2 Å². The number of aryl methyl sites for hydroxylation is 1. The lowest BCUT2D eigenvalue weighted by Gasteiger charge is -2.07.